The second-order valence-corrected chi connectivity index (χ2v) is 15.8. The quantitative estimate of drug-likeness (QED) is 0.0821. The van der Waals surface area contributed by atoms with Crippen LogP contribution < -0.4 is 4.74 Å². The maximum Gasteiger partial charge on any atom is 0.229 e. The van der Waals surface area contributed by atoms with Crippen LogP contribution in [0.4, 0.5) is 0 Å². The van der Waals surface area contributed by atoms with Gasteiger partial charge in [-0.2, -0.15) is 0 Å². The first-order valence-electron chi connectivity index (χ1n) is 20.7. The number of benzene rings is 5. The second-order valence-electron chi connectivity index (χ2n) is 15.8. The fourth-order valence-corrected chi connectivity index (χ4v) is 8.47. The van der Waals surface area contributed by atoms with Gasteiger partial charge in [0.15, 0.2) is 0 Å². The van der Waals surface area contributed by atoms with Crippen molar-refractivity contribution in [2.24, 2.45) is 5.92 Å². The van der Waals surface area contributed by atoms with Crippen LogP contribution in [0.15, 0.2) is 146 Å². The number of ether oxygens (including phenoxy) is 7. The van der Waals surface area contributed by atoms with E-state index in [4.69, 9.17) is 33.2 Å². The molecule has 2 unspecified atom stereocenters. The zero-order valence-electron chi connectivity index (χ0n) is 34.2. The van der Waals surface area contributed by atoms with Crippen LogP contribution in [0.5, 0.6) is 5.75 Å². The van der Waals surface area contributed by atoms with Gasteiger partial charge in [0, 0.05) is 19.6 Å². The highest BCUT2D eigenvalue weighted by Crippen LogP contribution is 2.46. The van der Waals surface area contributed by atoms with Crippen LogP contribution >= 0.6 is 0 Å². The Balaban J connectivity index is 1.24. The highest BCUT2D eigenvalue weighted by Gasteiger charge is 2.50. The van der Waals surface area contributed by atoms with Crippen molar-refractivity contribution in [1.29, 1.82) is 0 Å². The molecule has 306 valence electrons. The summed E-state index contributed by atoms with van der Waals surface area (Å²) in [4.78, 5) is 2.26. The van der Waals surface area contributed by atoms with Crippen LogP contribution in [-0.2, 0) is 60.4 Å². The first-order chi connectivity index (χ1) is 28.5. The van der Waals surface area contributed by atoms with E-state index in [0.29, 0.717) is 38.1 Å². The molecule has 0 bridgehead atoms. The topological polar surface area (TPSA) is 67.9 Å². The summed E-state index contributed by atoms with van der Waals surface area (Å²) < 4.78 is 47.6. The van der Waals surface area contributed by atoms with E-state index < -0.39 is 36.3 Å². The molecular formula is C50H59NO7. The molecular weight excluding hydrogens is 727 g/mol. The highest BCUT2D eigenvalue weighted by atomic mass is 16.7. The lowest BCUT2D eigenvalue weighted by atomic mass is 9.71. The van der Waals surface area contributed by atoms with Gasteiger partial charge in [0.2, 0.25) is 6.29 Å². The molecule has 7 rings (SSSR count). The minimum absolute atomic E-state index is 0.254. The van der Waals surface area contributed by atoms with Gasteiger partial charge in [0.1, 0.15) is 30.2 Å². The van der Waals surface area contributed by atoms with E-state index in [1.807, 2.05) is 86.0 Å². The van der Waals surface area contributed by atoms with Crippen molar-refractivity contribution in [3.05, 3.63) is 173 Å². The first-order valence-corrected chi connectivity index (χ1v) is 20.7. The monoisotopic (exact) mass is 785 g/mol. The van der Waals surface area contributed by atoms with Crippen molar-refractivity contribution in [3.63, 3.8) is 0 Å². The van der Waals surface area contributed by atoms with E-state index >= 15 is 0 Å². The Morgan fingerprint density at radius 2 is 1.14 bits per heavy atom. The highest BCUT2D eigenvalue weighted by molar-refractivity contribution is 5.34. The third-order valence-corrected chi connectivity index (χ3v) is 11.4. The Bertz CT molecular complexity index is 1910. The summed E-state index contributed by atoms with van der Waals surface area (Å²) in [7, 11) is 6.12. The van der Waals surface area contributed by atoms with E-state index in [1.54, 1.807) is 0 Å². The van der Waals surface area contributed by atoms with Crippen molar-refractivity contribution in [3.8, 4) is 5.75 Å². The van der Waals surface area contributed by atoms with Gasteiger partial charge < -0.3 is 38.1 Å². The molecule has 8 heteroatoms. The number of hydrogen-bond donors (Lipinski definition) is 0. The van der Waals surface area contributed by atoms with Crippen LogP contribution in [0, 0.1) is 5.92 Å². The van der Waals surface area contributed by atoms with Gasteiger partial charge in [-0.05, 0) is 66.9 Å². The van der Waals surface area contributed by atoms with E-state index in [2.05, 4.69) is 85.7 Å². The van der Waals surface area contributed by atoms with Gasteiger partial charge in [-0.1, -0.05) is 146 Å². The molecule has 7 atom stereocenters. The molecule has 0 aromatic heterocycles. The molecule has 0 amide bonds. The van der Waals surface area contributed by atoms with Crippen LogP contribution in [0.25, 0.3) is 0 Å². The molecule has 1 heterocycles. The van der Waals surface area contributed by atoms with Crippen molar-refractivity contribution >= 4 is 0 Å². The summed E-state index contributed by atoms with van der Waals surface area (Å²) in [5.74, 6) is 1.02. The maximum atomic E-state index is 7.01. The molecule has 0 N–H and O–H groups in total. The van der Waals surface area contributed by atoms with E-state index in [-0.39, 0.29) is 6.61 Å². The summed E-state index contributed by atoms with van der Waals surface area (Å²) in [6.45, 7) is 2.67. The Kier molecular flexibility index (Phi) is 15.2. The molecule has 58 heavy (non-hydrogen) atoms. The van der Waals surface area contributed by atoms with Gasteiger partial charge in [-0.25, -0.2) is 0 Å². The summed E-state index contributed by atoms with van der Waals surface area (Å²) >= 11 is 0. The summed E-state index contributed by atoms with van der Waals surface area (Å²) in [6, 6.07) is 49.1. The summed E-state index contributed by atoms with van der Waals surface area (Å²) in [6.07, 6.45) is 1.13. The minimum atomic E-state index is -0.857. The molecule has 1 saturated heterocycles. The predicted octanol–water partition coefficient (Wildman–Crippen LogP) is 9.36. The van der Waals surface area contributed by atoms with Crippen LogP contribution in [0.3, 0.4) is 0 Å². The summed E-state index contributed by atoms with van der Waals surface area (Å²) in [5.41, 5.74) is 4.89. The van der Waals surface area contributed by atoms with E-state index in [1.165, 1.54) is 6.42 Å². The SMILES string of the molecule is CO[C@]1(c2cccc(O[C@@H]3OC(COCc4ccccc4)[C@@H](OCc4ccccc4)[C@H](OCc4ccccc4)C3OCc3ccccc3)c2)CCCC[C@@H]1CN(C)C. The largest absolute Gasteiger partial charge is 0.462 e. The van der Waals surface area contributed by atoms with Crippen LogP contribution in [-0.4, -0.2) is 70.0 Å². The van der Waals surface area contributed by atoms with Crippen molar-refractivity contribution in [1.82, 2.24) is 4.90 Å². The summed E-state index contributed by atoms with van der Waals surface area (Å²) in [5, 5.41) is 0. The molecule has 0 spiro atoms. The second kappa shape index (κ2) is 21.0. The molecule has 5 aromatic rings. The van der Waals surface area contributed by atoms with Gasteiger partial charge in [-0.15, -0.1) is 0 Å². The van der Waals surface area contributed by atoms with Crippen LogP contribution in [0.1, 0.15) is 53.5 Å². The van der Waals surface area contributed by atoms with Crippen molar-refractivity contribution in [2.45, 2.75) is 88.4 Å². The zero-order chi connectivity index (χ0) is 40.0. The Labute approximate surface area is 345 Å². The third-order valence-electron chi connectivity index (χ3n) is 11.4. The molecule has 1 aliphatic carbocycles. The van der Waals surface area contributed by atoms with Crippen molar-refractivity contribution in [2.75, 3.05) is 34.4 Å². The van der Waals surface area contributed by atoms with E-state index in [0.717, 1.165) is 53.6 Å². The number of hydrogen-bond acceptors (Lipinski definition) is 8. The molecule has 5 aromatic carbocycles. The van der Waals surface area contributed by atoms with Crippen LogP contribution in [0.2, 0.25) is 0 Å². The molecule has 2 aliphatic rings. The number of methoxy groups -OCH3 is 1. The number of rotatable bonds is 19. The number of nitrogens with zero attached hydrogens (tertiary/aromatic N) is 1. The normalized spacial score (nSPS) is 24.8. The molecule has 0 radical (unpaired) electrons. The lowest BCUT2D eigenvalue weighted by Crippen LogP contribution is -2.62. The maximum absolute atomic E-state index is 7.01. The Morgan fingerprint density at radius 3 is 1.69 bits per heavy atom. The average Bonchev–Trinajstić information content (AvgIpc) is 3.26. The van der Waals surface area contributed by atoms with Crippen molar-refractivity contribution < 1.29 is 33.2 Å². The fourth-order valence-electron chi connectivity index (χ4n) is 8.47. The molecule has 1 aliphatic heterocycles. The Hall–Kier alpha value is -4.38. The predicted molar refractivity (Wildman–Crippen MR) is 226 cm³/mol. The van der Waals surface area contributed by atoms with E-state index in [9.17, 15) is 0 Å². The smallest absolute Gasteiger partial charge is 0.229 e. The molecule has 2 fully saturated rings. The standard InChI is InChI=1S/C50H59NO7/c1-51(2)32-43-27-16-17-30-50(43,52-3)42-28-18-29-44(31-42)57-49-48(56-36-41-25-14-7-15-26-41)47(55-35-40-23-12-6-13-24-40)46(54-34-39-21-10-5-11-22-39)45(58-49)37-53-33-38-19-8-4-9-20-38/h4-15,18-26,28-29,31,43,45-49H,16-17,27,30,32-37H2,1-3H3/t43-,45?,46-,47+,48?,49-,50+/m1/s1. The van der Waals surface area contributed by atoms with Gasteiger partial charge >= 0.3 is 0 Å². The van der Waals surface area contributed by atoms with Gasteiger partial charge in [-0.3, -0.25) is 0 Å². The fraction of sp³-hybridized carbons (Fsp3) is 0.400. The van der Waals surface area contributed by atoms with Gasteiger partial charge in [0.05, 0.1) is 38.6 Å². The lowest BCUT2D eigenvalue weighted by Gasteiger charge is -2.46. The van der Waals surface area contributed by atoms with Gasteiger partial charge in [0.25, 0.3) is 0 Å². The average molecular weight is 786 g/mol. The molecule has 8 nitrogen and oxygen atoms in total. The Morgan fingerprint density at radius 1 is 0.603 bits per heavy atom. The molecule has 1 saturated carbocycles. The third kappa shape index (κ3) is 11.0. The lowest BCUT2D eigenvalue weighted by molar-refractivity contribution is -0.310. The minimum Gasteiger partial charge on any atom is -0.462 e. The zero-order valence-corrected chi connectivity index (χ0v) is 34.2. The first kappa shape index (κ1) is 41.8.